The third kappa shape index (κ3) is 2.80. The first-order valence-electron chi connectivity index (χ1n) is 6.66. The first-order chi connectivity index (χ1) is 12.1. The van der Waals surface area contributed by atoms with Gasteiger partial charge in [-0.2, -0.15) is 0 Å². The Labute approximate surface area is 182 Å². The molecule has 0 radical (unpaired) electrons. The Bertz CT molecular complexity index is 1120. The van der Waals surface area contributed by atoms with Crippen LogP contribution in [0.5, 0.6) is 11.5 Å². The minimum absolute atomic E-state index is 0.0949. The lowest BCUT2D eigenvalue weighted by atomic mass is 9.97. The molecule has 0 aliphatic carbocycles. The molecule has 1 N–H and O–H groups in total. The van der Waals surface area contributed by atoms with Crippen molar-refractivity contribution < 1.29 is 15.1 Å². The van der Waals surface area contributed by atoms with Gasteiger partial charge < -0.3 is 10.2 Å². The number of halogens is 6. The highest BCUT2D eigenvalue weighted by atomic mass is 79.9. The maximum atomic E-state index is 12.9. The van der Waals surface area contributed by atoms with Crippen molar-refractivity contribution in [2.45, 2.75) is 3.74 Å². The Balaban J connectivity index is 2.73. The summed E-state index contributed by atoms with van der Waals surface area (Å²) < 4.78 is -0.585. The topological polar surface area (TPSA) is 86.4 Å². The van der Waals surface area contributed by atoms with Gasteiger partial charge in [-0.3, -0.25) is 10.1 Å². The van der Waals surface area contributed by atoms with Gasteiger partial charge in [-0.15, -0.1) is 0 Å². The largest absolute Gasteiger partial charge is 0.872 e. The van der Waals surface area contributed by atoms with E-state index in [9.17, 15) is 20.3 Å². The normalized spacial score (nSPS) is 11.7. The van der Waals surface area contributed by atoms with Crippen molar-refractivity contribution in [2.75, 3.05) is 0 Å². The van der Waals surface area contributed by atoms with Crippen LogP contribution in [0.3, 0.4) is 0 Å². The molecular weight excluding hydrogens is 560 g/mol. The van der Waals surface area contributed by atoms with E-state index in [0.717, 1.165) is 0 Å². The summed E-state index contributed by atoms with van der Waals surface area (Å²) in [7, 11) is 0. The van der Waals surface area contributed by atoms with Crippen LogP contribution < -0.4 is 5.11 Å². The van der Waals surface area contributed by atoms with E-state index in [-0.39, 0.29) is 47.2 Å². The van der Waals surface area contributed by atoms with Crippen LogP contribution in [0.1, 0.15) is 9.30 Å². The number of nitro groups is 1. The number of phenols is 1. The van der Waals surface area contributed by atoms with Gasteiger partial charge in [0.1, 0.15) is 14.9 Å². The van der Waals surface area contributed by atoms with Crippen molar-refractivity contribution in [1.82, 2.24) is 0 Å². The van der Waals surface area contributed by atoms with Gasteiger partial charge in [-0.25, -0.2) is 0 Å². The molecule has 26 heavy (non-hydrogen) atoms. The standard InChI is InChI=1S/C15H5Br2Cl4NO4/c16-15(17)4-2-1-3-5(12(4)22(25)26)14(24)7-6(13(3)23)8(18)10(20)11(21)9(7)19/h1-2,15,23-24H/p-1. The molecular formula is C15H4Br2Cl4NO4-. The number of benzene rings is 3. The zero-order chi connectivity index (χ0) is 19.5. The number of nitro benzene ring substituents is 1. The molecule has 0 spiro atoms. The number of phenolic OH excluding ortho intramolecular Hbond substituents is 1. The Hall–Kier alpha value is -0.700. The summed E-state index contributed by atoms with van der Waals surface area (Å²) in [6.45, 7) is 0. The number of alkyl halides is 2. The molecule has 3 aromatic rings. The summed E-state index contributed by atoms with van der Waals surface area (Å²) in [4.78, 5) is 11.0. The molecule has 0 unspecified atom stereocenters. The average molecular weight is 564 g/mol. The van der Waals surface area contributed by atoms with E-state index in [0.29, 0.717) is 0 Å². The van der Waals surface area contributed by atoms with E-state index in [1.807, 2.05) is 0 Å². The van der Waals surface area contributed by atoms with Crippen molar-refractivity contribution >= 4 is 105 Å². The van der Waals surface area contributed by atoms with E-state index in [1.54, 1.807) is 0 Å². The minimum atomic E-state index is -0.689. The summed E-state index contributed by atoms with van der Waals surface area (Å²) in [5.74, 6) is -1.23. The first kappa shape index (κ1) is 20.0. The monoisotopic (exact) mass is 560 g/mol. The number of fused-ring (bicyclic) bond motifs is 2. The van der Waals surface area contributed by atoms with Gasteiger partial charge >= 0.3 is 0 Å². The van der Waals surface area contributed by atoms with Crippen molar-refractivity contribution in [1.29, 1.82) is 0 Å². The third-order valence-corrected chi connectivity index (χ3v) is 6.63. The number of hydrogen-bond acceptors (Lipinski definition) is 4. The van der Waals surface area contributed by atoms with E-state index in [4.69, 9.17) is 46.4 Å². The molecule has 0 atom stereocenters. The molecule has 0 amide bonds. The molecule has 5 nitrogen and oxygen atoms in total. The highest BCUT2D eigenvalue weighted by Gasteiger charge is 2.28. The Morgan fingerprint density at radius 1 is 0.962 bits per heavy atom. The third-order valence-electron chi connectivity index (χ3n) is 3.84. The number of nitrogens with zero attached hydrogens (tertiary/aromatic N) is 1. The van der Waals surface area contributed by atoms with Crippen LogP contribution in [0.2, 0.25) is 20.1 Å². The lowest BCUT2D eigenvalue weighted by molar-refractivity contribution is -0.383. The van der Waals surface area contributed by atoms with Crippen molar-refractivity contribution in [3.05, 3.63) is 47.9 Å². The molecule has 3 aromatic carbocycles. The lowest BCUT2D eigenvalue weighted by Gasteiger charge is -2.21. The zero-order valence-corrected chi connectivity index (χ0v) is 18.3. The summed E-state index contributed by atoms with van der Waals surface area (Å²) in [6, 6.07) is 2.76. The molecule has 0 aliphatic rings. The average Bonchev–Trinajstić information content (AvgIpc) is 2.59. The molecule has 0 saturated carbocycles. The molecule has 0 aromatic heterocycles. The summed E-state index contributed by atoms with van der Waals surface area (Å²) in [5.41, 5.74) is -0.241. The van der Waals surface area contributed by atoms with Crippen LogP contribution in [0.15, 0.2) is 12.1 Å². The van der Waals surface area contributed by atoms with Gasteiger partial charge in [-0.05, 0) is 16.8 Å². The highest BCUT2D eigenvalue weighted by molar-refractivity contribution is 9.24. The van der Waals surface area contributed by atoms with Gasteiger partial charge in [0.05, 0.1) is 30.6 Å². The predicted molar refractivity (Wildman–Crippen MR) is 110 cm³/mol. The van der Waals surface area contributed by atoms with Crippen LogP contribution in [0.25, 0.3) is 21.5 Å². The van der Waals surface area contributed by atoms with Crippen LogP contribution >= 0.6 is 78.3 Å². The second-order valence-corrected chi connectivity index (χ2v) is 9.74. The first-order valence-corrected chi connectivity index (χ1v) is 10.0. The smallest absolute Gasteiger partial charge is 0.286 e. The molecule has 0 bridgehead atoms. The van der Waals surface area contributed by atoms with Crippen LogP contribution in [0.4, 0.5) is 5.69 Å². The van der Waals surface area contributed by atoms with Crippen molar-refractivity contribution in [2.24, 2.45) is 0 Å². The number of rotatable bonds is 2. The van der Waals surface area contributed by atoms with E-state index >= 15 is 0 Å². The molecule has 3 rings (SSSR count). The van der Waals surface area contributed by atoms with Crippen LogP contribution in [-0.4, -0.2) is 10.0 Å². The number of aromatic hydroxyl groups is 1. The van der Waals surface area contributed by atoms with Gasteiger partial charge in [0, 0.05) is 5.39 Å². The SMILES string of the molecule is O=[N+]([O-])c1c(C(Br)Br)ccc2c([O-])c3c(Cl)c(Cl)c(Cl)c(Cl)c3c(O)c12. The van der Waals surface area contributed by atoms with Gasteiger partial charge in [-0.1, -0.05) is 90.1 Å². The molecule has 11 heteroatoms. The van der Waals surface area contributed by atoms with Crippen molar-refractivity contribution in [3.63, 3.8) is 0 Å². The van der Waals surface area contributed by atoms with E-state index < -0.39 is 25.8 Å². The second kappa shape index (κ2) is 7.04. The Morgan fingerprint density at radius 2 is 1.50 bits per heavy atom. The van der Waals surface area contributed by atoms with Crippen LogP contribution in [0, 0.1) is 10.1 Å². The fourth-order valence-corrected chi connectivity index (χ4v) is 4.50. The molecule has 0 aliphatic heterocycles. The molecule has 0 heterocycles. The van der Waals surface area contributed by atoms with Gasteiger partial charge in [0.15, 0.2) is 0 Å². The second-order valence-electron chi connectivity index (χ2n) is 5.17. The summed E-state index contributed by atoms with van der Waals surface area (Å²) in [5, 5.41) is 33.9. The fourth-order valence-electron chi connectivity index (χ4n) is 2.74. The Kier molecular flexibility index (Phi) is 5.42. The van der Waals surface area contributed by atoms with E-state index in [1.165, 1.54) is 12.1 Å². The maximum absolute atomic E-state index is 12.9. The fraction of sp³-hybridized carbons (Fsp3) is 0.0667. The molecule has 0 saturated heterocycles. The number of hydrogen-bond donors (Lipinski definition) is 1. The van der Waals surface area contributed by atoms with Gasteiger partial charge in [0.2, 0.25) is 0 Å². The Morgan fingerprint density at radius 3 is 2.00 bits per heavy atom. The van der Waals surface area contributed by atoms with E-state index in [2.05, 4.69) is 31.9 Å². The maximum Gasteiger partial charge on any atom is 0.286 e. The quantitative estimate of drug-likeness (QED) is 0.0901. The molecule has 0 fully saturated rings. The van der Waals surface area contributed by atoms with Crippen molar-refractivity contribution in [3.8, 4) is 11.5 Å². The van der Waals surface area contributed by atoms with Crippen LogP contribution in [-0.2, 0) is 0 Å². The molecule has 136 valence electrons. The zero-order valence-electron chi connectivity index (χ0n) is 12.1. The highest BCUT2D eigenvalue weighted by Crippen LogP contribution is 2.54. The van der Waals surface area contributed by atoms with Gasteiger partial charge in [0.25, 0.3) is 5.69 Å². The lowest BCUT2D eigenvalue weighted by Crippen LogP contribution is -2.01. The predicted octanol–water partition coefficient (Wildman–Crippen LogP) is 7.08. The minimum Gasteiger partial charge on any atom is -0.872 e. The summed E-state index contributed by atoms with van der Waals surface area (Å²) >= 11 is 30.7. The summed E-state index contributed by atoms with van der Waals surface area (Å²) in [6.07, 6.45) is 0.